The van der Waals surface area contributed by atoms with Gasteiger partial charge < -0.3 is 4.42 Å². The molecule has 0 atom stereocenters. The number of oxazole rings is 1. The standard InChI is InChI=1S/C20H22N2O3S/c1-14-7-8-17(13-15(14)2)26(23,24)22-11-9-16(10-12-22)20-21-18-5-3-4-6-19(18)25-20/h3-8,13,16H,9-12H2,1-2H3. The van der Waals surface area contributed by atoms with Gasteiger partial charge in [0.15, 0.2) is 11.5 Å². The van der Waals surface area contributed by atoms with Gasteiger partial charge in [0.2, 0.25) is 10.0 Å². The molecule has 0 amide bonds. The van der Waals surface area contributed by atoms with Crippen molar-refractivity contribution < 1.29 is 12.8 Å². The highest BCUT2D eigenvalue weighted by Crippen LogP contribution is 2.32. The molecule has 1 fully saturated rings. The second-order valence-electron chi connectivity index (χ2n) is 6.94. The molecule has 1 saturated heterocycles. The lowest BCUT2D eigenvalue weighted by Crippen LogP contribution is -2.38. The molecule has 1 aromatic heterocycles. The van der Waals surface area contributed by atoms with E-state index < -0.39 is 10.0 Å². The Kier molecular flexibility index (Phi) is 4.32. The number of fused-ring (bicyclic) bond motifs is 1. The largest absolute Gasteiger partial charge is 0.440 e. The van der Waals surface area contributed by atoms with Gasteiger partial charge in [-0.25, -0.2) is 13.4 Å². The van der Waals surface area contributed by atoms with E-state index in [2.05, 4.69) is 4.98 Å². The van der Waals surface area contributed by atoms with E-state index in [-0.39, 0.29) is 5.92 Å². The first-order valence-electron chi connectivity index (χ1n) is 8.88. The molecule has 136 valence electrons. The van der Waals surface area contributed by atoms with E-state index in [1.54, 1.807) is 16.4 Å². The minimum atomic E-state index is -3.45. The zero-order chi connectivity index (χ0) is 18.3. The van der Waals surface area contributed by atoms with Crippen molar-refractivity contribution >= 4 is 21.1 Å². The Morgan fingerprint density at radius 3 is 2.46 bits per heavy atom. The van der Waals surface area contributed by atoms with Crippen molar-refractivity contribution in [2.75, 3.05) is 13.1 Å². The Morgan fingerprint density at radius 2 is 1.77 bits per heavy atom. The molecule has 0 radical (unpaired) electrons. The summed E-state index contributed by atoms with van der Waals surface area (Å²) in [6.07, 6.45) is 1.44. The fourth-order valence-corrected chi connectivity index (χ4v) is 4.99. The average molecular weight is 370 g/mol. The monoisotopic (exact) mass is 370 g/mol. The maximum absolute atomic E-state index is 12.9. The van der Waals surface area contributed by atoms with Crippen LogP contribution in [0, 0.1) is 13.8 Å². The van der Waals surface area contributed by atoms with E-state index in [9.17, 15) is 8.42 Å². The van der Waals surface area contributed by atoms with Gasteiger partial charge in [-0.05, 0) is 62.1 Å². The van der Waals surface area contributed by atoms with Crippen molar-refractivity contribution in [1.82, 2.24) is 9.29 Å². The molecule has 0 unspecified atom stereocenters. The Morgan fingerprint density at radius 1 is 1.04 bits per heavy atom. The topological polar surface area (TPSA) is 63.4 Å². The van der Waals surface area contributed by atoms with Gasteiger partial charge in [-0.15, -0.1) is 0 Å². The molecule has 0 saturated carbocycles. The number of piperidine rings is 1. The highest BCUT2D eigenvalue weighted by molar-refractivity contribution is 7.89. The van der Waals surface area contributed by atoms with Crippen LogP contribution in [0.1, 0.15) is 35.8 Å². The molecule has 4 rings (SSSR count). The van der Waals surface area contributed by atoms with Crippen LogP contribution in [-0.4, -0.2) is 30.8 Å². The second-order valence-corrected chi connectivity index (χ2v) is 8.88. The minimum absolute atomic E-state index is 0.161. The number of nitrogens with zero attached hydrogens (tertiary/aromatic N) is 2. The summed E-state index contributed by atoms with van der Waals surface area (Å²) < 4.78 is 33.3. The van der Waals surface area contributed by atoms with Gasteiger partial charge in [0.1, 0.15) is 5.52 Å². The molecular weight excluding hydrogens is 348 g/mol. The SMILES string of the molecule is Cc1ccc(S(=O)(=O)N2CCC(c3nc4ccccc4o3)CC2)cc1C. The van der Waals surface area contributed by atoms with Crippen molar-refractivity contribution in [2.24, 2.45) is 0 Å². The fraction of sp³-hybridized carbons (Fsp3) is 0.350. The molecular formula is C20H22N2O3S. The molecule has 5 nitrogen and oxygen atoms in total. The van der Waals surface area contributed by atoms with Crippen molar-refractivity contribution in [3.8, 4) is 0 Å². The summed E-state index contributed by atoms with van der Waals surface area (Å²) in [7, 11) is -3.45. The average Bonchev–Trinajstić information content (AvgIpc) is 3.08. The summed E-state index contributed by atoms with van der Waals surface area (Å²) in [6.45, 7) is 4.89. The first-order valence-corrected chi connectivity index (χ1v) is 10.3. The molecule has 1 aliphatic rings. The van der Waals surface area contributed by atoms with Crippen LogP contribution in [-0.2, 0) is 10.0 Å². The van der Waals surface area contributed by atoms with Gasteiger partial charge in [0.05, 0.1) is 4.90 Å². The molecule has 1 aliphatic heterocycles. The smallest absolute Gasteiger partial charge is 0.243 e. The highest BCUT2D eigenvalue weighted by atomic mass is 32.2. The van der Waals surface area contributed by atoms with Crippen molar-refractivity contribution in [1.29, 1.82) is 0 Å². The second kappa shape index (κ2) is 6.52. The van der Waals surface area contributed by atoms with E-state index in [1.807, 2.05) is 44.2 Å². The van der Waals surface area contributed by atoms with Crippen LogP contribution < -0.4 is 0 Å². The van der Waals surface area contributed by atoms with Gasteiger partial charge in [0, 0.05) is 19.0 Å². The van der Waals surface area contributed by atoms with E-state index in [1.165, 1.54) is 0 Å². The molecule has 26 heavy (non-hydrogen) atoms. The first-order chi connectivity index (χ1) is 12.4. The lowest BCUT2D eigenvalue weighted by Gasteiger charge is -2.30. The number of aromatic nitrogens is 1. The number of hydrogen-bond acceptors (Lipinski definition) is 4. The van der Waals surface area contributed by atoms with Crippen LogP contribution in [0.2, 0.25) is 0 Å². The Bertz CT molecular complexity index is 1010. The Hall–Kier alpha value is -2.18. The Labute approximate surface area is 153 Å². The van der Waals surface area contributed by atoms with E-state index >= 15 is 0 Å². The third-order valence-electron chi connectivity index (χ3n) is 5.23. The molecule has 0 bridgehead atoms. The third-order valence-corrected chi connectivity index (χ3v) is 7.12. The predicted molar refractivity (Wildman–Crippen MR) is 101 cm³/mol. The van der Waals surface area contributed by atoms with Crippen LogP contribution in [0.3, 0.4) is 0 Å². The maximum atomic E-state index is 12.9. The minimum Gasteiger partial charge on any atom is -0.440 e. The highest BCUT2D eigenvalue weighted by Gasteiger charge is 2.32. The lowest BCUT2D eigenvalue weighted by molar-refractivity contribution is 0.293. The Balaban J connectivity index is 1.51. The van der Waals surface area contributed by atoms with E-state index in [0.717, 1.165) is 41.0 Å². The lowest BCUT2D eigenvalue weighted by atomic mass is 9.98. The molecule has 2 aromatic carbocycles. The van der Waals surface area contributed by atoms with Gasteiger partial charge in [-0.1, -0.05) is 18.2 Å². The van der Waals surface area contributed by atoms with Gasteiger partial charge in [-0.3, -0.25) is 0 Å². The van der Waals surface area contributed by atoms with Crippen molar-refractivity contribution in [3.05, 3.63) is 59.5 Å². The number of benzene rings is 2. The molecule has 0 aliphatic carbocycles. The summed E-state index contributed by atoms with van der Waals surface area (Å²) in [6, 6.07) is 13.0. The number of hydrogen-bond donors (Lipinski definition) is 0. The summed E-state index contributed by atoms with van der Waals surface area (Å²) in [5, 5.41) is 0. The summed E-state index contributed by atoms with van der Waals surface area (Å²) in [5.74, 6) is 0.878. The van der Waals surface area contributed by atoms with Crippen molar-refractivity contribution in [2.45, 2.75) is 37.5 Å². The number of sulfonamides is 1. The molecule has 6 heteroatoms. The number of para-hydroxylation sites is 2. The fourth-order valence-electron chi connectivity index (χ4n) is 3.43. The van der Waals surface area contributed by atoms with Crippen LogP contribution >= 0.6 is 0 Å². The van der Waals surface area contributed by atoms with Gasteiger partial charge in [0.25, 0.3) is 0 Å². The van der Waals surface area contributed by atoms with E-state index in [4.69, 9.17) is 4.42 Å². The number of rotatable bonds is 3. The first kappa shape index (κ1) is 17.2. The molecule has 3 aromatic rings. The van der Waals surface area contributed by atoms with Crippen molar-refractivity contribution in [3.63, 3.8) is 0 Å². The van der Waals surface area contributed by atoms with Crippen LogP contribution in [0.15, 0.2) is 51.8 Å². The quantitative estimate of drug-likeness (QED) is 0.699. The summed E-state index contributed by atoms with van der Waals surface area (Å²) in [5.41, 5.74) is 3.73. The third kappa shape index (κ3) is 3.04. The maximum Gasteiger partial charge on any atom is 0.243 e. The van der Waals surface area contributed by atoms with Gasteiger partial charge in [-0.2, -0.15) is 4.31 Å². The predicted octanol–water partition coefficient (Wildman–Crippen LogP) is 4.01. The molecule has 0 N–H and O–H groups in total. The summed E-state index contributed by atoms with van der Waals surface area (Å²) in [4.78, 5) is 4.94. The van der Waals surface area contributed by atoms with Crippen LogP contribution in [0.25, 0.3) is 11.1 Å². The molecule has 2 heterocycles. The van der Waals surface area contributed by atoms with Crippen LogP contribution in [0.4, 0.5) is 0 Å². The summed E-state index contributed by atoms with van der Waals surface area (Å²) >= 11 is 0. The van der Waals surface area contributed by atoms with Crippen LogP contribution in [0.5, 0.6) is 0 Å². The zero-order valence-electron chi connectivity index (χ0n) is 15.0. The zero-order valence-corrected chi connectivity index (χ0v) is 15.8. The van der Waals surface area contributed by atoms with E-state index in [0.29, 0.717) is 18.0 Å². The number of aryl methyl sites for hydroxylation is 2. The molecule has 0 spiro atoms. The normalized spacial score (nSPS) is 17.0. The van der Waals surface area contributed by atoms with Gasteiger partial charge >= 0.3 is 0 Å².